The first-order valence-corrected chi connectivity index (χ1v) is 7.24. The molecule has 0 bridgehead atoms. The maximum Gasteiger partial charge on any atom is 0.239 e. The highest BCUT2D eigenvalue weighted by Crippen LogP contribution is 2.27. The van der Waals surface area contributed by atoms with Crippen LogP contribution in [0.25, 0.3) is 0 Å². The van der Waals surface area contributed by atoms with Crippen LogP contribution in [0.2, 0.25) is 0 Å². The smallest absolute Gasteiger partial charge is 0.239 e. The van der Waals surface area contributed by atoms with Crippen LogP contribution in [0.5, 0.6) is 0 Å². The molecule has 4 N–H and O–H groups in total. The van der Waals surface area contributed by atoms with Gasteiger partial charge in [0.05, 0.1) is 12.6 Å². The van der Waals surface area contributed by atoms with Crippen LogP contribution in [-0.2, 0) is 9.59 Å². The van der Waals surface area contributed by atoms with Crippen molar-refractivity contribution >= 4 is 24.2 Å². The standard InChI is InChI=1S/C14H27N3O2.ClH/c1-9(2)13(15)14(19)16-8-12(18)17-10(3)11-6-4-5-7-11;/h9-11,13H,4-8,15H2,1-3H3,(H,16,19)(H,17,18);1H/t10?,13-;/m0./s1. The summed E-state index contributed by atoms with van der Waals surface area (Å²) in [5.41, 5.74) is 5.70. The van der Waals surface area contributed by atoms with E-state index < -0.39 is 6.04 Å². The molecular weight excluding hydrogens is 278 g/mol. The van der Waals surface area contributed by atoms with Crippen molar-refractivity contribution < 1.29 is 9.59 Å². The van der Waals surface area contributed by atoms with Gasteiger partial charge in [-0.2, -0.15) is 0 Å². The molecule has 2 amide bonds. The zero-order valence-electron chi connectivity index (χ0n) is 12.6. The van der Waals surface area contributed by atoms with Crippen LogP contribution in [0.1, 0.15) is 46.5 Å². The molecule has 0 aliphatic heterocycles. The van der Waals surface area contributed by atoms with E-state index in [1.165, 1.54) is 25.7 Å². The van der Waals surface area contributed by atoms with Gasteiger partial charge in [0, 0.05) is 6.04 Å². The number of rotatable bonds is 6. The molecule has 5 nitrogen and oxygen atoms in total. The fourth-order valence-electron chi connectivity index (χ4n) is 2.47. The van der Waals surface area contributed by atoms with Crippen LogP contribution < -0.4 is 16.4 Å². The van der Waals surface area contributed by atoms with Crippen molar-refractivity contribution in [2.75, 3.05) is 6.54 Å². The van der Waals surface area contributed by atoms with E-state index in [4.69, 9.17) is 5.73 Å². The highest BCUT2D eigenvalue weighted by molar-refractivity contribution is 5.87. The lowest BCUT2D eigenvalue weighted by Crippen LogP contribution is -2.48. The van der Waals surface area contributed by atoms with Crippen LogP contribution in [-0.4, -0.2) is 30.4 Å². The SMILES string of the molecule is CC(NC(=O)CNC(=O)[C@@H](N)C(C)C)C1CCCC1.Cl. The van der Waals surface area contributed by atoms with Gasteiger partial charge < -0.3 is 16.4 Å². The van der Waals surface area contributed by atoms with Crippen molar-refractivity contribution in [3.8, 4) is 0 Å². The van der Waals surface area contributed by atoms with Gasteiger partial charge in [-0.05, 0) is 31.6 Å². The second-order valence-electron chi connectivity index (χ2n) is 5.89. The number of hydrogen-bond acceptors (Lipinski definition) is 3. The second-order valence-corrected chi connectivity index (χ2v) is 5.89. The molecule has 0 aromatic carbocycles. The third kappa shape index (κ3) is 6.09. The minimum absolute atomic E-state index is 0. The van der Waals surface area contributed by atoms with E-state index in [0.717, 1.165) is 0 Å². The average molecular weight is 306 g/mol. The lowest BCUT2D eigenvalue weighted by atomic mass is 10.00. The van der Waals surface area contributed by atoms with Gasteiger partial charge in [-0.1, -0.05) is 26.7 Å². The van der Waals surface area contributed by atoms with Crippen LogP contribution >= 0.6 is 12.4 Å². The first-order valence-electron chi connectivity index (χ1n) is 7.24. The van der Waals surface area contributed by atoms with Gasteiger partial charge in [-0.15, -0.1) is 12.4 Å². The van der Waals surface area contributed by atoms with E-state index in [-0.39, 0.29) is 42.7 Å². The van der Waals surface area contributed by atoms with E-state index in [0.29, 0.717) is 5.92 Å². The number of amides is 2. The Kier molecular flexibility index (Phi) is 8.81. The quantitative estimate of drug-likeness (QED) is 0.689. The molecule has 6 heteroatoms. The molecule has 1 aliphatic carbocycles. The Balaban J connectivity index is 0.00000361. The Labute approximate surface area is 127 Å². The summed E-state index contributed by atoms with van der Waals surface area (Å²) in [5, 5.41) is 5.53. The summed E-state index contributed by atoms with van der Waals surface area (Å²) in [6.07, 6.45) is 4.88. The van der Waals surface area contributed by atoms with Gasteiger partial charge in [0.1, 0.15) is 0 Å². The monoisotopic (exact) mass is 305 g/mol. The fourth-order valence-corrected chi connectivity index (χ4v) is 2.47. The van der Waals surface area contributed by atoms with Crippen molar-refractivity contribution in [3.05, 3.63) is 0 Å². The molecule has 1 aliphatic rings. The van der Waals surface area contributed by atoms with Crippen molar-refractivity contribution in [3.63, 3.8) is 0 Å². The van der Waals surface area contributed by atoms with E-state index >= 15 is 0 Å². The zero-order valence-corrected chi connectivity index (χ0v) is 13.5. The third-order valence-corrected chi connectivity index (χ3v) is 3.94. The van der Waals surface area contributed by atoms with Crippen LogP contribution in [0, 0.1) is 11.8 Å². The lowest BCUT2D eigenvalue weighted by Gasteiger charge is -2.21. The summed E-state index contributed by atoms with van der Waals surface area (Å²) in [5.74, 6) is 0.250. The lowest BCUT2D eigenvalue weighted by molar-refractivity contribution is -0.127. The van der Waals surface area contributed by atoms with Crippen LogP contribution in [0.15, 0.2) is 0 Å². The first kappa shape index (κ1) is 19.2. The normalized spacial score (nSPS) is 18.2. The number of nitrogens with two attached hydrogens (primary N) is 1. The number of carbonyl (C=O) groups excluding carboxylic acids is 2. The molecule has 0 aromatic rings. The Morgan fingerprint density at radius 2 is 1.75 bits per heavy atom. The predicted octanol–water partition coefficient (Wildman–Crippen LogP) is 1.20. The van der Waals surface area contributed by atoms with Gasteiger partial charge >= 0.3 is 0 Å². The highest BCUT2D eigenvalue weighted by atomic mass is 35.5. The predicted molar refractivity (Wildman–Crippen MR) is 82.6 cm³/mol. The summed E-state index contributed by atoms with van der Waals surface area (Å²) in [6.45, 7) is 5.81. The molecular formula is C14H28ClN3O2. The summed E-state index contributed by atoms with van der Waals surface area (Å²) in [6, 6.07) is -0.370. The molecule has 20 heavy (non-hydrogen) atoms. The molecule has 1 saturated carbocycles. The van der Waals surface area contributed by atoms with Gasteiger partial charge in [0.2, 0.25) is 11.8 Å². The molecule has 0 saturated heterocycles. The summed E-state index contributed by atoms with van der Waals surface area (Å²) in [4.78, 5) is 23.4. The molecule has 0 radical (unpaired) electrons. The van der Waals surface area contributed by atoms with Crippen LogP contribution in [0.3, 0.4) is 0 Å². The van der Waals surface area contributed by atoms with E-state index in [9.17, 15) is 9.59 Å². The average Bonchev–Trinajstić information content (AvgIpc) is 2.88. The van der Waals surface area contributed by atoms with E-state index in [1.54, 1.807) is 0 Å². The van der Waals surface area contributed by atoms with Crippen molar-refractivity contribution in [2.24, 2.45) is 17.6 Å². The van der Waals surface area contributed by atoms with Gasteiger partial charge in [0.25, 0.3) is 0 Å². The molecule has 1 fully saturated rings. The minimum Gasteiger partial charge on any atom is -0.352 e. The molecule has 2 atom stereocenters. The van der Waals surface area contributed by atoms with E-state index in [2.05, 4.69) is 10.6 Å². The number of hydrogen-bond donors (Lipinski definition) is 3. The number of halogens is 1. The van der Waals surface area contributed by atoms with Crippen LogP contribution in [0.4, 0.5) is 0 Å². The fraction of sp³-hybridized carbons (Fsp3) is 0.857. The van der Waals surface area contributed by atoms with Crippen molar-refractivity contribution in [2.45, 2.75) is 58.5 Å². The largest absolute Gasteiger partial charge is 0.352 e. The van der Waals surface area contributed by atoms with Gasteiger partial charge in [-0.3, -0.25) is 9.59 Å². The maximum atomic E-state index is 11.7. The number of nitrogens with one attached hydrogen (secondary N) is 2. The molecule has 118 valence electrons. The zero-order chi connectivity index (χ0) is 14.4. The van der Waals surface area contributed by atoms with E-state index in [1.807, 2.05) is 20.8 Å². The van der Waals surface area contributed by atoms with Gasteiger partial charge in [0.15, 0.2) is 0 Å². The molecule has 1 rings (SSSR count). The summed E-state index contributed by atoms with van der Waals surface area (Å²) in [7, 11) is 0. The Morgan fingerprint density at radius 1 is 1.20 bits per heavy atom. The summed E-state index contributed by atoms with van der Waals surface area (Å²) < 4.78 is 0. The molecule has 1 unspecified atom stereocenters. The maximum absolute atomic E-state index is 11.7. The minimum atomic E-state index is -0.556. The molecule has 0 aromatic heterocycles. The Hall–Kier alpha value is -0.810. The highest BCUT2D eigenvalue weighted by Gasteiger charge is 2.23. The second kappa shape index (κ2) is 9.19. The van der Waals surface area contributed by atoms with Crippen molar-refractivity contribution in [1.29, 1.82) is 0 Å². The van der Waals surface area contributed by atoms with Crippen molar-refractivity contribution in [1.82, 2.24) is 10.6 Å². The topological polar surface area (TPSA) is 84.2 Å². The van der Waals surface area contributed by atoms with Gasteiger partial charge in [-0.25, -0.2) is 0 Å². The Bertz CT molecular complexity index is 318. The molecule has 0 heterocycles. The molecule has 0 spiro atoms. The Morgan fingerprint density at radius 3 is 2.25 bits per heavy atom. The third-order valence-electron chi connectivity index (χ3n) is 3.94. The first-order chi connectivity index (χ1) is 8.91. The number of carbonyl (C=O) groups is 2. The summed E-state index contributed by atoms with van der Waals surface area (Å²) >= 11 is 0.